The minimum Gasteiger partial charge on any atom is -0.495 e. The molecule has 0 spiro atoms. The normalized spacial score (nSPS) is 15.8. The smallest absolute Gasteiger partial charge is 0.335 e. The van der Waals surface area contributed by atoms with Gasteiger partial charge in [-0.3, -0.25) is 4.79 Å². The van der Waals surface area contributed by atoms with Crippen LogP contribution in [-0.4, -0.2) is 47.7 Å². The van der Waals surface area contributed by atoms with Crippen LogP contribution < -0.4 is 20.1 Å². The SMILES string of the molecule is COc1cc(CC(=O)N2[C@H](COc3ccc(C(=O)O)cc3)CC[C@@H]2c2ccccc2)ccc1NC(=O)Nc1c(Cl)cccc1Cl. The minimum absolute atomic E-state index is 0.0787. The first-order valence-electron chi connectivity index (χ1n) is 14.2. The minimum atomic E-state index is -1.01. The number of nitrogens with one attached hydrogen (secondary N) is 2. The van der Waals surface area contributed by atoms with Gasteiger partial charge < -0.3 is 30.1 Å². The fraction of sp³-hybridized carbons (Fsp3) is 0.206. The van der Waals surface area contributed by atoms with Gasteiger partial charge in [-0.05, 0) is 72.5 Å². The lowest BCUT2D eigenvalue weighted by molar-refractivity contribution is -0.134. The number of amides is 3. The predicted octanol–water partition coefficient (Wildman–Crippen LogP) is 7.70. The Morgan fingerprint density at radius 3 is 2.27 bits per heavy atom. The van der Waals surface area contributed by atoms with E-state index < -0.39 is 12.0 Å². The first kappa shape index (κ1) is 31.7. The Morgan fingerprint density at radius 2 is 1.60 bits per heavy atom. The molecule has 11 heteroatoms. The molecule has 0 radical (unpaired) electrons. The summed E-state index contributed by atoms with van der Waals surface area (Å²) in [5.74, 6) is -0.175. The molecule has 1 fully saturated rings. The number of carboxylic acid groups (broad SMARTS) is 1. The molecule has 0 aliphatic carbocycles. The number of hydrogen-bond donors (Lipinski definition) is 3. The van der Waals surface area contributed by atoms with Gasteiger partial charge in [-0.25, -0.2) is 9.59 Å². The van der Waals surface area contributed by atoms with E-state index in [1.807, 2.05) is 35.2 Å². The van der Waals surface area contributed by atoms with Gasteiger partial charge in [-0.15, -0.1) is 0 Å². The lowest BCUT2D eigenvalue weighted by Gasteiger charge is -2.31. The highest BCUT2D eigenvalue weighted by Crippen LogP contribution is 2.37. The third-order valence-corrected chi connectivity index (χ3v) is 8.22. The molecule has 1 saturated heterocycles. The second kappa shape index (κ2) is 14.4. The van der Waals surface area contributed by atoms with E-state index in [2.05, 4.69) is 10.6 Å². The number of methoxy groups -OCH3 is 1. The van der Waals surface area contributed by atoms with Crippen molar-refractivity contribution in [3.8, 4) is 11.5 Å². The number of para-hydroxylation sites is 1. The van der Waals surface area contributed by atoms with Crippen LogP contribution in [-0.2, 0) is 11.2 Å². The van der Waals surface area contributed by atoms with Crippen LogP contribution in [0.25, 0.3) is 0 Å². The first-order valence-corrected chi connectivity index (χ1v) is 15.0. The monoisotopic (exact) mass is 647 g/mol. The molecule has 0 unspecified atom stereocenters. The zero-order valence-corrected chi connectivity index (χ0v) is 25.8. The van der Waals surface area contributed by atoms with Crippen LogP contribution in [0.5, 0.6) is 11.5 Å². The van der Waals surface area contributed by atoms with Crippen molar-refractivity contribution >= 4 is 52.5 Å². The summed E-state index contributed by atoms with van der Waals surface area (Å²) in [5, 5.41) is 15.2. The molecule has 2 atom stereocenters. The molecule has 232 valence electrons. The van der Waals surface area contributed by atoms with E-state index in [1.165, 1.54) is 19.2 Å². The van der Waals surface area contributed by atoms with Crippen molar-refractivity contribution in [3.63, 3.8) is 0 Å². The second-order valence-corrected chi connectivity index (χ2v) is 11.3. The number of anilines is 2. The van der Waals surface area contributed by atoms with Gasteiger partial charge in [0.2, 0.25) is 5.91 Å². The van der Waals surface area contributed by atoms with Crippen molar-refractivity contribution in [1.29, 1.82) is 0 Å². The van der Waals surface area contributed by atoms with E-state index in [4.69, 9.17) is 37.8 Å². The van der Waals surface area contributed by atoms with Crippen LogP contribution in [0.2, 0.25) is 10.0 Å². The van der Waals surface area contributed by atoms with E-state index in [1.54, 1.807) is 48.5 Å². The van der Waals surface area contributed by atoms with Gasteiger partial charge in [0.25, 0.3) is 0 Å². The molecule has 1 aliphatic heterocycles. The second-order valence-electron chi connectivity index (χ2n) is 10.5. The van der Waals surface area contributed by atoms with E-state index in [9.17, 15) is 14.4 Å². The molecule has 5 rings (SSSR count). The topological polar surface area (TPSA) is 117 Å². The Morgan fingerprint density at radius 1 is 0.889 bits per heavy atom. The Balaban J connectivity index is 1.30. The van der Waals surface area contributed by atoms with Crippen LogP contribution in [0.1, 0.15) is 40.4 Å². The molecule has 0 bridgehead atoms. The lowest BCUT2D eigenvalue weighted by atomic mass is 10.0. The van der Waals surface area contributed by atoms with E-state index in [-0.39, 0.29) is 42.3 Å². The number of carboxylic acids is 1. The fourth-order valence-corrected chi connectivity index (χ4v) is 5.90. The standard InChI is InChI=1S/C34H31Cl2N3O6/c1-44-30-18-21(10-16-28(30)37-34(43)38-32-26(35)8-5-9-27(32)36)19-31(40)39-24(13-17-29(39)22-6-3-2-4-7-22)20-45-25-14-11-23(12-15-25)33(41)42/h2-12,14-16,18,24,29H,13,17,19-20H2,1H3,(H,41,42)(H2,37,38,43)/t24-,29+/m0/s1. The van der Waals surface area contributed by atoms with Gasteiger partial charge in [-0.2, -0.15) is 0 Å². The van der Waals surface area contributed by atoms with Crippen molar-refractivity contribution in [2.45, 2.75) is 31.3 Å². The van der Waals surface area contributed by atoms with Gasteiger partial charge in [-0.1, -0.05) is 65.7 Å². The highest BCUT2D eigenvalue weighted by Gasteiger charge is 2.38. The molecule has 1 aliphatic rings. The molecular formula is C34H31Cl2N3O6. The number of nitrogens with zero attached hydrogens (tertiary/aromatic N) is 1. The van der Waals surface area contributed by atoms with Crippen molar-refractivity contribution in [2.24, 2.45) is 0 Å². The maximum absolute atomic E-state index is 13.9. The van der Waals surface area contributed by atoms with Crippen LogP contribution >= 0.6 is 23.2 Å². The summed E-state index contributed by atoms with van der Waals surface area (Å²) in [6.45, 7) is 0.262. The summed E-state index contributed by atoms with van der Waals surface area (Å²) in [6.07, 6.45) is 1.62. The number of urea groups is 1. The van der Waals surface area contributed by atoms with E-state index in [0.717, 1.165) is 18.4 Å². The van der Waals surface area contributed by atoms with Gasteiger partial charge in [0.1, 0.15) is 18.1 Å². The average Bonchev–Trinajstić information content (AvgIpc) is 3.47. The maximum atomic E-state index is 13.9. The van der Waals surface area contributed by atoms with E-state index >= 15 is 0 Å². The maximum Gasteiger partial charge on any atom is 0.335 e. The Bertz CT molecular complexity index is 1660. The summed E-state index contributed by atoms with van der Waals surface area (Å²) >= 11 is 12.3. The molecule has 9 nitrogen and oxygen atoms in total. The number of carbonyl (C=O) groups is 3. The summed E-state index contributed by atoms with van der Waals surface area (Å²) in [4.78, 5) is 39.7. The van der Waals surface area contributed by atoms with Crippen LogP contribution in [0, 0.1) is 0 Å². The number of rotatable bonds is 10. The summed E-state index contributed by atoms with van der Waals surface area (Å²) in [7, 11) is 1.48. The van der Waals surface area contributed by atoms with Crippen molar-refractivity contribution in [1.82, 2.24) is 4.90 Å². The molecule has 45 heavy (non-hydrogen) atoms. The highest BCUT2D eigenvalue weighted by molar-refractivity contribution is 6.39. The molecule has 0 aromatic heterocycles. The molecular weight excluding hydrogens is 617 g/mol. The molecule has 1 heterocycles. The molecule has 3 amide bonds. The lowest BCUT2D eigenvalue weighted by Crippen LogP contribution is -2.41. The van der Waals surface area contributed by atoms with Crippen LogP contribution in [0.4, 0.5) is 16.2 Å². The van der Waals surface area contributed by atoms with Crippen LogP contribution in [0.3, 0.4) is 0 Å². The third-order valence-electron chi connectivity index (χ3n) is 7.59. The van der Waals surface area contributed by atoms with Crippen molar-refractivity contribution in [2.75, 3.05) is 24.4 Å². The van der Waals surface area contributed by atoms with Gasteiger partial charge >= 0.3 is 12.0 Å². The molecule has 0 saturated carbocycles. The molecule has 4 aromatic carbocycles. The van der Waals surface area contributed by atoms with Crippen LogP contribution in [0.15, 0.2) is 91.0 Å². The molecule has 4 aromatic rings. The first-order chi connectivity index (χ1) is 21.7. The number of halogens is 2. The van der Waals surface area contributed by atoms with Gasteiger partial charge in [0, 0.05) is 0 Å². The number of carbonyl (C=O) groups excluding carboxylic acids is 2. The molecule has 3 N–H and O–H groups in total. The number of hydrogen-bond acceptors (Lipinski definition) is 5. The number of ether oxygens (including phenoxy) is 2. The van der Waals surface area contributed by atoms with E-state index in [0.29, 0.717) is 32.8 Å². The summed E-state index contributed by atoms with van der Waals surface area (Å²) in [5.41, 5.74) is 2.61. The number of benzene rings is 4. The summed E-state index contributed by atoms with van der Waals surface area (Å²) in [6, 6.07) is 25.3. The largest absolute Gasteiger partial charge is 0.495 e. The quantitative estimate of drug-likeness (QED) is 0.162. The highest BCUT2D eigenvalue weighted by atomic mass is 35.5. The van der Waals surface area contributed by atoms with Gasteiger partial charge in [0.05, 0.1) is 52.6 Å². The Labute approximate surface area is 270 Å². The number of likely N-dealkylation sites (tertiary alicyclic amines) is 1. The fourth-order valence-electron chi connectivity index (χ4n) is 5.41. The summed E-state index contributed by atoms with van der Waals surface area (Å²) < 4.78 is 11.6. The predicted molar refractivity (Wildman–Crippen MR) is 174 cm³/mol. The zero-order valence-electron chi connectivity index (χ0n) is 24.3. The zero-order chi connectivity index (χ0) is 31.9. The van der Waals surface area contributed by atoms with Crippen molar-refractivity contribution < 1.29 is 29.0 Å². The third kappa shape index (κ3) is 7.68. The average molecular weight is 649 g/mol. The van der Waals surface area contributed by atoms with Crippen molar-refractivity contribution in [3.05, 3.63) is 118 Å². The Hall–Kier alpha value is -4.73. The van der Waals surface area contributed by atoms with Gasteiger partial charge in [0.15, 0.2) is 0 Å². The number of aromatic carboxylic acids is 1. The Kier molecular flexibility index (Phi) is 10.1.